The van der Waals surface area contributed by atoms with Crippen LogP contribution in [0.1, 0.15) is 226 Å². The molecule has 6 unspecified atom stereocenters. The number of aliphatic carboxylic acids is 1. The number of allylic oxidation sites excluding steroid dienone is 16. The number of ether oxygens (including phenoxy) is 5. The van der Waals surface area contributed by atoms with E-state index in [0.717, 1.165) is 128 Å². The minimum Gasteiger partial charge on any atom is -0.479 e. The third-order valence-electron chi connectivity index (χ3n) is 12.6. The number of aliphatic hydroxyl groups excluding tert-OH is 2. The lowest BCUT2D eigenvalue weighted by Crippen LogP contribution is -2.61. The van der Waals surface area contributed by atoms with Crippen LogP contribution in [-0.2, 0) is 42.9 Å². The van der Waals surface area contributed by atoms with Crippen LogP contribution in [0.3, 0.4) is 0 Å². The lowest BCUT2D eigenvalue weighted by atomic mass is 9.98. The van der Waals surface area contributed by atoms with Gasteiger partial charge in [-0.25, -0.2) is 4.79 Å². The van der Waals surface area contributed by atoms with Gasteiger partial charge in [0.05, 0.1) is 6.61 Å². The summed E-state index contributed by atoms with van der Waals surface area (Å²) in [4.78, 5) is 51.1. The van der Waals surface area contributed by atoms with Crippen molar-refractivity contribution >= 4 is 23.9 Å². The summed E-state index contributed by atoms with van der Waals surface area (Å²) < 4.78 is 28.3. The van der Waals surface area contributed by atoms with Crippen molar-refractivity contribution in [1.82, 2.24) is 0 Å². The van der Waals surface area contributed by atoms with Crippen molar-refractivity contribution in [3.05, 3.63) is 97.2 Å². The Balaban J connectivity index is 2.75. The first-order valence-electron chi connectivity index (χ1n) is 29.2. The SMILES string of the molecule is CC/C=C\C/C=C\C/C=C\C/C=C\CCCCC(=O)OCC(COC1OC(C(=O)O)C(O)C(O)C1OC(=O)CCCCCCC/C=C\CCCCCCCC)OC(=O)CCCCCCC/C=C\C/C=C\C/C=C\CC. The minimum absolute atomic E-state index is 0.0404. The van der Waals surface area contributed by atoms with E-state index in [-0.39, 0.29) is 25.9 Å². The van der Waals surface area contributed by atoms with Crippen molar-refractivity contribution in [2.45, 2.75) is 263 Å². The molecule has 0 aromatic rings. The summed E-state index contributed by atoms with van der Waals surface area (Å²) in [5, 5.41) is 31.5. The molecule has 426 valence electrons. The molecular weight excluding hydrogens is 949 g/mol. The zero-order valence-electron chi connectivity index (χ0n) is 46.8. The Kier molecular flexibility index (Phi) is 46.2. The summed E-state index contributed by atoms with van der Waals surface area (Å²) in [7, 11) is 0. The van der Waals surface area contributed by atoms with E-state index >= 15 is 0 Å². The second-order valence-corrected chi connectivity index (χ2v) is 19.5. The lowest BCUT2D eigenvalue weighted by Gasteiger charge is -2.40. The molecule has 1 rings (SSSR count). The highest BCUT2D eigenvalue weighted by atomic mass is 16.7. The van der Waals surface area contributed by atoms with Crippen LogP contribution in [0, 0.1) is 0 Å². The molecule has 1 aliphatic rings. The van der Waals surface area contributed by atoms with Gasteiger partial charge in [0, 0.05) is 19.3 Å². The van der Waals surface area contributed by atoms with Gasteiger partial charge in [-0.05, 0) is 116 Å². The number of hydrogen-bond donors (Lipinski definition) is 3. The number of esters is 3. The molecule has 0 spiro atoms. The molecule has 1 fully saturated rings. The Bertz CT molecular complexity index is 1670. The van der Waals surface area contributed by atoms with E-state index in [1.54, 1.807) is 0 Å². The highest BCUT2D eigenvalue weighted by Gasteiger charge is 2.50. The molecule has 0 aromatic carbocycles. The van der Waals surface area contributed by atoms with Gasteiger partial charge in [0.2, 0.25) is 0 Å². The molecule has 75 heavy (non-hydrogen) atoms. The number of rotatable bonds is 48. The number of hydrogen-bond acceptors (Lipinski definition) is 11. The fourth-order valence-corrected chi connectivity index (χ4v) is 8.19. The molecule has 0 amide bonds. The lowest BCUT2D eigenvalue weighted by molar-refractivity contribution is -0.301. The molecular formula is C63H102O12. The topological polar surface area (TPSA) is 175 Å². The predicted molar refractivity (Wildman–Crippen MR) is 303 cm³/mol. The number of unbranched alkanes of at least 4 members (excludes halogenated alkanes) is 18. The van der Waals surface area contributed by atoms with Crippen molar-refractivity contribution < 1.29 is 58.2 Å². The molecule has 12 heteroatoms. The summed E-state index contributed by atoms with van der Waals surface area (Å²) in [6, 6.07) is 0. The first-order chi connectivity index (χ1) is 36.6. The molecule has 12 nitrogen and oxygen atoms in total. The van der Waals surface area contributed by atoms with E-state index in [9.17, 15) is 34.5 Å². The molecule has 0 aromatic heterocycles. The van der Waals surface area contributed by atoms with Crippen LogP contribution < -0.4 is 0 Å². The van der Waals surface area contributed by atoms with Crippen molar-refractivity contribution in [3.8, 4) is 0 Å². The van der Waals surface area contributed by atoms with Gasteiger partial charge in [0.1, 0.15) is 18.8 Å². The van der Waals surface area contributed by atoms with Crippen molar-refractivity contribution in [1.29, 1.82) is 0 Å². The van der Waals surface area contributed by atoms with Crippen LogP contribution >= 0.6 is 0 Å². The van der Waals surface area contributed by atoms with E-state index < -0.39 is 67.3 Å². The highest BCUT2D eigenvalue weighted by molar-refractivity contribution is 5.74. The van der Waals surface area contributed by atoms with E-state index in [1.807, 2.05) is 0 Å². The molecule has 0 radical (unpaired) electrons. The Hall–Kier alpha value is -4.36. The van der Waals surface area contributed by atoms with Gasteiger partial charge < -0.3 is 39.0 Å². The van der Waals surface area contributed by atoms with Crippen LogP contribution in [0.15, 0.2) is 97.2 Å². The first kappa shape index (κ1) is 68.7. The molecule has 0 saturated carbocycles. The van der Waals surface area contributed by atoms with Crippen molar-refractivity contribution in [3.63, 3.8) is 0 Å². The predicted octanol–water partition coefficient (Wildman–Crippen LogP) is 14.9. The summed E-state index contributed by atoms with van der Waals surface area (Å²) in [5.74, 6) is -3.22. The number of carboxylic acids is 1. The molecule has 1 saturated heterocycles. The third kappa shape index (κ3) is 40.6. The maximum absolute atomic E-state index is 13.1. The van der Waals surface area contributed by atoms with E-state index in [2.05, 4.69) is 118 Å². The molecule has 1 heterocycles. The minimum atomic E-state index is -1.92. The number of carboxylic acid groups (broad SMARTS) is 1. The molecule has 0 aliphatic carbocycles. The average Bonchev–Trinajstić information content (AvgIpc) is 3.39. The Morgan fingerprint density at radius 1 is 0.453 bits per heavy atom. The number of carbonyl (C=O) groups excluding carboxylic acids is 3. The number of carbonyl (C=O) groups is 4. The van der Waals surface area contributed by atoms with Crippen LogP contribution in [0.5, 0.6) is 0 Å². The largest absolute Gasteiger partial charge is 0.479 e. The number of aliphatic hydroxyl groups is 2. The second-order valence-electron chi connectivity index (χ2n) is 19.5. The fourth-order valence-electron chi connectivity index (χ4n) is 8.19. The highest BCUT2D eigenvalue weighted by Crippen LogP contribution is 2.26. The summed E-state index contributed by atoms with van der Waals surface area (Å²) in [6.07, 6.45) is 53.8. The summed E-state index contributed by atoms with van der Waals surface area (Å²) >= 11 is 0. The normalized spacial score (nSPS) is 18.9. The van der Waals surface area contributed by atoms with Gasteiger partial charge in [0.15, 0.2) is 24.6 Å². The Morgan fingerprint density at radius 3 is 1.32 bits per heavy atom. The van der Waals surface area contributed by atoms with E-state index in [0.29, 0.717) is 19.3 Å². The molecule has 6 atom stereocenters. The van der Waals surface area contributed by atoms with Gasteiger partial charge in [-0.3, -0.25) is 14.4 Å². The van der Waals surface area contributed by atoms with Crippen LogP contribution in [0.25, 0.3) is 0 Å². The smallest absolute Gasteiger partial charge is 0.335 e. The molecule has 1 aliphatic heterocycles. The van der Waals surface area contributed by atoms with Crippen LogP contribution in [0.4, 0.5) is 0 Å². The Morgan fingerprint density at radius 2 is 0.840 bits per heavy atom. The Labute approximate surface area is 453 Å². The average molecular weight is 1050 g/mol. The van der Waals surface area contributed by atoms with Crippen molar-refractivity contribution in [2.75, 3.05) is 13.2 Å². The molecule has 3 N–H and O–H groups in total. The quantitative estimate of drug-likeness (QED) is 0.0228. The van der Waals surface area contributed by atoms with Gasteiger partial charge in [-0.2, -0.15) is 0 Å². The first-order valence-corrected chi connectivity index (χ1v) is 29.2. The van der Waals surface area contributed by atoms with E-state index in [1.165, 1.54) is 38.5 Å². The maximum Gasteiger partial charge on any atom is 0.335 e. The second kappa shape index (κ2) is 50.5. The van der Waals surface area contributed by atoms with Crippen molar-refractivity contribution in [2.24, 2.45) is 0 Å². The van der Waals surface area contributed by atoms with Gasteiger partial charge in [0.25, 0.3) is 0 Å². The van der Waals surface area contributed by atoms with Gasteiger partial charge in [-0.15, -0.1) is 0 Å². The fraction of sp³-hybridized carbons (Fsp3) is 0.683. The third-order valence-corrected chi connectivity index (χ3v) is 12.6. The van der Waals surface area contributed by atoms with E-state index in [4.69, 9.17) is 23.7 Å². The monoisotopic (exact) mass is 1050 g/mol. The summed E-state index contributed by atoms with van der Waals surface area (Å²) in [5.41, 5.74) is 0. The van der Waals surface area contributed by atoms with Crippen LogP contribution in [0.2, 0.25) is 0 Å². The zero-order valence-corrected chi connectivity index (χ0v) is 46.8. The molecule has 0 bridgehead atoms. The maximum atomic E-state index is 13.1. The zero-order chi connectivity index (χ0) is 54.7. The summed E-state index contributed by atoms with van der Waals surface area (Å²) in [6.45, 7) is 5.70. The van der Waals surface area contributed by atoms with Gasteiger partial charge >= 0.3 is 23.9 Å². The van der Waals surface area contributed by atoms with Crippen LogP contribution in [-0.4, -0.2) is 89.2 Å². The van der Waals surface area contributed by atoms with Gasteiger partial charge in [-0.1, -0.05) is 189 Å². The standard InChI is InChI=1S/C63H102O12/c1-4-7-10-13-16-19-22-25-28-31-34-37-40-43-46-49-55(64)71-52-54(73-56(65)50-47-44-41-38-35-32-29-26-23-20-17-14-11-8-5-2)53-72-63-61(59(68)58(67)60(75-63)62(69)70)74-57(66)51-48-45-42-39-36-33-30-27-24-21-18-15-12-9-6-3/h7-8,10-11,16-17,19-20,25-30,34,37,54,58-61,63,67-68H,4-6,9,12-15,18,21-24,31-33,35-36,38-53H2,1-3H3,(H,69,70)/b10-7-,11-8-,19-16-,20-17-,28-25-,29-26-,30-27-,37-34-.